The summed E-state index contributed by atoms with van der Waals surface area (Å²) in [7, 11) is 0. The highest BCUT2D eigenvalue weighted by atomic mass is 35.5. The van der Waals surface area contributed by atoms with E-state index >= 15 is 0 Å². The van der Waals surface area contributed by atoms with Gasteiger partial charge in [0.25, 0.3) is 5.91 Å². The van der Waals surface area contributed by atoms with Gasteiger partial charge in [0, 0.05) is 50.5 Å². The van der Waals surface area contributed by atoms with E-state index in [0.717, 1.165) is 25.9 Å². The maximum Gasteiger partial charge on any atom is 0.391 e. The molecule has 27 heavy (non-hydrogen) atoms. The Balaban J connectivity index is 1.37. The number of hydrogen-bond acceptors (Lipinski definition) is 5. The molecule has 0 spiro atoms. The van der Waals surface area contributed by atoms with Crippen LogP contribution >= 0.6 is 11.6 Å². The number of likely N-dealkylation sites (tertiary alicyclic amines) is 1. The molecule has 4 fully saturated rings. The number of hydrogen-bond donors (Lipinski definition) is 3. The number of fused-ring (bicyclic) bond motifs is 1. The summed E-state index contributed by atoms with van der Waals surface area (Å²) in [6, 6.07) is 0.403. The van der Waals surface area contributed by atoms with Gasteiger partial charge in [-0.05, 0) is 25.7 Å². The Morgan fingerprint density at radius 3 is 2.74 bits per heavy atom. The standard InChI is InChI=1S/C17H27ClF3N5O/c18-15-14(7-23-24-16(15)27)25-5-4-13-12(8-25)22-9-26(13)11-3-1-2-10(6-11)17(19,20)21/h10-15,22-23H,1-9H2,(H,24,27). The average Bonchev–Trinajstić information content (AvgIpc) is 3.06. The first-order valence-electron chi connectivity index (χ1n) is 9.81. The van der Waals surface area contributed by atoms with Gasteiger partial charge in [-0.3, -0.25) is 25.3 Å². The molecule has 4 rings (SSSR count). The predicted molar refractivity (Wildman–Crippen MR) is 95.0 cm³/mol. The summed E-state index contributed by atoms with van der Waals surface area (Å²) < 4.78 is 39.5. The molecule has 10 heteroatoms. The molecule has 154 valence electrons. The van der Waals surface area contributed by atoms with E-state index in [2.05, 4.69) is 26.0 Å². The lowest BCUT2D eigenvalue weighted by Crippen LogP contribution is -2.65. The third kappa shape index (κ3) is 3.94. The summed E-state index contributed by atoms with van der Waals surface area (Å²) >= 11 is 6.29. The van der Waals surface area contributed by atoms with Crippen LogP contribution in [0.15, 0.2) is 0 Å². The number of halogens is 4. The van der Waals surface area contributed by atoms with E-state index < -0.39 is 17.5 Å². The Labute approximate surface area is 162 Å². The van der Waals surface area contributed by atoms with Gasteiger partial charge in [-0.1, -0.05) is 6.42 Å². The quantitative estimate of drug-likeness (QED) is 0.595. The molecule has 0 bridgehead atoms. The number of amides is 1. The van der Waals surface area contributed by atoms with Gasteiger partial charge in [0.2, 0.25) is 0 Å². The van der Waals surface area contributed by atoms with E-state index in [4.69, 9.17) is 11.6 Å². The molecule has 1 aliphatic carbocycles. The number of carbonyl (C=O) groups is 1. The zero-order valence-corrected chi connectivity index (χ0v) is 15.9. The number of hydrazine groups is 1. The van der Waals surface area contributed by atoms with Crippen LogP contribution in [0.25, 0.3) is 0 Å². The highest BCUT2D eigenvalue weighted by molar-refractivity contribution is 6.31. The second-order valence-electron chi connectivity index (χ2n) is 8.23. The lowest BCUT2D eigenvalue weighted by molar-refractivity contribution is -0.187. The molecule has 6 atom stereocenters. The SMILES string of the molecule is O=C1NNCC(N2CCC3C(C2)NCN3C2CCCC(C(F)(F)F)C2)C1Cl. The van der Waals surface area contributed by atoms with Gasteiger partial charge in [-0.2, -0.15) is 13.2 Å². The molecule has 3 saturated heterocycles. The monoisotopic (exact) mass is 409 g/mol. The molecule has 3 N–H and O–H groups in total. The third-order valence-electron chi connectivity index (χ3n) is 6.73. The lowest BCUT2D eigenvalue weighted by atomic mass is 9.83. The van der Waals surface area contributed by atoms with Crippen molar-refractivity contribution in [3.05, 3.63) is 0 Å². The summed E-state index contributed by atoms with van der Waals surface area (Å²) in [5.74, 6) is -1.38. The Kier molecular flexibility index (Phi) is 5.59. The van der Waals surface area contributed by atoms with Crippen LogP contribution in [0.5, 0.6) is 0 Å². The summed E-state index contributed by atoms with van der Waals surface area (Å²) in [6.45, 7) is 2.81. The minimum atomic E-state index is -4.08. The molecule has 3 aliphatic heterocycles. The van der Waals surface area contributed by atoms with Crippen molar-refractivity contribution in [1.82, 2.24) is 26.0 Å². The van der Waals surface area contributed by atoms with Crippen molar-refractivity contribution in [3.8, 4) is 0 Å². The summed E-state index contributed by atoms with van der Waals surface area (Å²) in [6.07, 6.45) is -1.24. The van der Waals surface area contributed by atoms with E-state index in [9.17, 15) is 18.0 Å². The van der Waals surface area contributed by atoms with Crippen LogP contribution in [-0.4, -0.2) is 77.7 Å². The van der Waals surface area contributed by atoms with Crippen molar-refractivity contribution in [2.24, 2.45) is 5.92 Å². The van der Waals surface area contributed by atoms with E-state index in [1.54, 1.807) is 0 Å². The molecule has 0 aromatic heterocycles. The Morgan fingerprint density at radius 2 is 1.96 bits per heavy atom. The molecule has 6 unspecified atom stereocenters. The molecule has 0 aromatic rings. The van der Waals surface area contributed by atoms with Gasteiger partial charge in [0.15, 0.2) is 0 Å². The van der Waals surface area contributed by atoms with Crippen molar-refractivity contribution in [2.75, 3.05) is 26.3 Å². The zero-order chi connectivity index (χ0) is 19.2. The summed E-state index contributed by atoms with van der Waals surface area (Å²) in [5.41, 5.74) is 5.44. The Bertz CT molecular complexity index is 565. The van der Waals surface area contributed by atoms with Crippen molar-refractivity contribution >= 4 is 17.5 Å². The van der Waals surface area contributed by atoms with Gasteiger partial charge < -0.3 is 0 Å². The second kappa shape index (κ2) is 7.67. The first-order chi connectivity index (χ1) is 12.8. The van der Waals surface area contributed by atoms with Crippen LogP contribution in [0.1, 0.15) is 32.1 Å². The molecule has 6 nitrogen and oxygen atoms in total. The molecule has 0 aromatic carbocycles. The number of rotatable bonds is 2. The van der Waals surface area contributed by atoms with Crippen LogP contribution in [-0.2, 0) is 4.79 Å². The molecular weight excluding hydrogens is 383 g/mol. The van der Waals surface area contributed by atoms with Gasteiger partial charge in [-0.25, -0.2) is 5.43 Å². The Morgan fingerprint density at radius 1 is 1.15 bits per heavy atom. The normalized spacial score (nSPS) is 42.0. The van der Waals surface area contributed by atoms with E-state index in [1.807, 2.05) is 0 Å². The van der Waals surface area contributed by atoms with Crippen molar-refractivity contribution in [3.63, 3.8) is 0 Å². The van der Waals surface area contributed by atoms with Crippen molar-refractivity contribution in [2.45, 2.75) is 67.8 Å². The third-order valence-corrected chi connectivity index (χ3v) is 7.22. The minimum absolute atomic E-state index is 0.00215. The highest BCUT2D eigenvalue weighted by Crippen LogP contribution is 2.40. The van der Waals surface area contributed by atoms with Gasteiger partial charge >= 0.3 is 6.18 Å². The summed E-state index contributed by atoms with van der Waals surface area (Å²) in [5, 5.41) is 2.90. The molecule has 0 radical (unpaired) electrons. The summed E-state index contributed by atoms with van der Waals surface area (Å²) in [4.78, 5) is 16.3. The van der Waals surface area contributed by atoms with Crippen LogP contribution in [0, 0.1) is 5.92 Å². The van der Waals surface area contributed by atoms with Crippen LogP contribution in [0.4, 0.5) is 13.2 Å². The molecule has 3 heterocycles. The Hall–Kier alpha value is -0.610. The molecular formula is C17H27ClF3N5O. The van der Waals surface area contributed by atoms with E-state index in [0.29, 0.717) is 19.6 Å². The topological polar surface area (TPSA) is 59.6 Å². The number of piperidine rings is 1. The van der Waals surface area contributed by atoms with E-state index in [-0.39, 0.29) is 42.9 Å². The first-order valence-corrected chi connectivity index (χ1v) is 10.2. The average molecular weight is 410 g/mol. The maximum atomic E-state index is 13.2. The number of carbonyl (C=O) groups excluding carboxylic acids is 1. The smallest absolute Gasteiger partial charge is 0.299 e. The minimum Gasteiger partial charge on any atom is -0.299 e. The zero-order valence-electron chi connectivity index (χ0n) is 15.1. The fourth-order valence-corrected chi connectivity index (χ4v) is 5.57. The van der Waals surface area contributed by atoms with Crippen LogP contribution in [0.2, 0.25) is 0 Å². The van der Waals surface area contributed by atoms with Gasteiger partial charge in [-0.15, -0.1) is 11.6 Å². The highest BCUT2D eigenvalue weighted by Gasteiger charge is 2.48. The van der Waals surface area contributed by atoms with Crippen LogP contribution < -0.4 is 16.2 Å². The fourth-order valence-electron chi connectivity index (χ4n) is 5.27. The van der Waals surface area contributed by atoms with Crippen molar-refractivity contribution in [1.29, 1.82) is 0 Å². The van der Waals surface area contributed by atoms with E-state index in [1.165, 1.54) is 0 Å². The second-order valence-corrected chi connectivity index (χ2v) is 8.70. The number of nitrogens with one attached hydrogen (secondary N) is 3. The molecule has 1 saturated carbocycles. The lowest BCUT2D eigenvalue weighted by Gasteiger charge is -2.45. The number of nitrogens with zero attached hydrogens (tertiary/aromatic N) is 2. The maximum absolute atomic E-state index is 13.2. The molecule has 4 aliphatic rings. The van der Waals surface area contributed by atoms with Crippen LogP contribution in [0.3, 0.4) is 0 Å². The first kappa shape index (κ1) is 19.7. The molecule has 1 amide bonds. The number of alkyl halides is 4. The predicted octanol–water partition coefficient (Wildman–Crippen LogP) is 1.02. The largest absolute Gasteiger partial charge is 0.391 e. The van der Waals surface area contributed by atoms with Gasteiger partial charge in [0.05, 0.1) is 5.92 Å². The van der Waals surface area contributed by atoms with Crippen molar-refractivity contribution < 1.29 is 18.0 Å². The van der Waals surface area contributed by atoms with Gasteiger partial charge in [0.1, 0.15) is 5.38 Å². The fraction of sp³-hybridized carbons (Fsp3) is 0.941.